The molecule has 7 nitrogen and oxygen atoms in total. The van der Waals surface area contributed by atoms with E-state index in [0.29, 0.717) is 18.1 Å². The summed E-state index contributed by atoms with van der Waals surface area (Å²) < 4.78 is 12.0. The fourth-order valence-electron chi connectivity index (χ4n) is 3.01. The summed E-state index contributed by atoms with van der Waals surface area (Å²) in [6, 6.07) is 9.73. The summed E-state index contributed by atoms with van der Waals surface area (Å²) in [4.78, 5) is 16.1. The summed E-state index contributed by atoms with van der Waals surface area (Å²) in [5, 5.41) is 6.96. The van der Waals surface area contributed by atoms with Crippen LogP contribution in [0.4, 0.5) is 5.13 Å². The van der Waals surface area contributed by atoms with Crippen molar-refractivity contribution >= 4 is 28.7 Å². The topological polar surface area (TPSA) is 77.7 Å². The second-order valence-electron chi connectivity index (χ2n) is 6.44. The zero-order valence-corrected chi connectivity index (χ0v) is 17.7. The first kappa shape index (κ1) is 20.6. The Morgan fingerprint density at radius 2 is 2.03 bits per heavy atom. The monoisotopic (exact) mass is 412 g/mol. The van der Waals surface area contributed by atoms with Gasteiger partial charge in [-0.15, -0.1) is 11.3 Å². The van der Waals surface area contributed by atoms with Gasteiger partial charge in [-0.2, -0.15) is 5.10 Å². The Labute approximate surface area is 174 Å². The first-order valence-electron chi connectivity index (χ1n) is 9.14. The molecule has 1 aromatic carbocycles. The zero-order valence-electron chi connectivity index (χ0n) is 16.9. The van der Waals surface area contributed by atoms with Gasteiger partial charge in [0, 0.05) is 28.9 Å². The van der Waals surface area contributed by atoms with Crippen molar-refractivity contribution in [3.63, 3.8) is 0 Å². The summed E-state index contributed by atoms with van der Waals surface area (Å²) in [6.07, 6.45) is 2.08. The van der Waals surface area contributed by atoms with Crippen molar-refractivity contribution in [3.8, 4) is 17.0 Å². The van der Waals surface area contributed by atoms with Crippen LogP contribution in [-0.4, -0.2) is 36.0 Å². The molecule has 0 atom stereocenters. The largest absolute Gasteiger partial charge is 0.497 e. The molecule has 0 aliphatic carbocycles. The van der Waals surface area contributed by atoms with Crippen LogP contribution < -0.4 is 10.2 Å². The van der Waals surface area contributed by atoms with E-state index in [1.807, 2.05) is 43.5 Å². The lowest BCUT2D eigenvalue weighted by atomic mass is 10.2. The van der Waals surface area contributed by atoms with Crippen LogP contribution in [0.5, 0.6) is 5.75 Å². The lowest BCUT2D eigenvalue weighted by Gasteiger charge is -2.08. The first-order valence-corrected chi connectivity index (χ1v) is 10.0. The number of nitrogens with one attached hydrogen (secondary N) is 1. The predicted molar refractivity (Wildman–Crippen MR) is 116 cm³/mol. The van der Waals surface area contributed by atoms with E-state index in [4.69, 9.17) is 9.47 Å². The van der Waals surface area contributed by atoms with Crippen LogP contribution in [0, 0.1) is 13.8 Å². The number of rotatable bonds is 8. The molecule has 0 bridgehead atoms. The molecule has 0 radical (unpaired) electrons. The molecule has 0 aliphatic heterocycles. The lowest BCUT2D eigenvalue weighted by molar-refractivity contribution is -0.140. The molecule has 152 valence electrons. The molecule has 8 heteroatoms. The van der Waals surface area contributed by atoms with Gasteiger partial charge in [0.15, 0.2) is 0 Å². The number of carbonyl (C=O) groups excluding carboxylic acids is 1. The molecule has 0 saturated heterocycles. The lowest BCUT2D eigenvalue weighted by Crippen LogP contribution is -2.09. The number of nitrogens with zero attached hydrogens (tertiary/aromatic N) is 3. The van der Waals surface area contributed by atoms with Gasteiger partial charge in [0.1, 0.15) is 5.75 Å². The Kier molecular flexibility index (Phi) is 6.66. The molecule has 0 fully saturated rings. The Bertz CT molecular complexity index is 1010. The van der Waals surface area contributed by atoms with Gasteiger partial charge < -0.3 is 14.0 Å². The van der Waals surface area contributed by atoms with Gasteiger partial charge in [-0.25, -0.2) is 4.98 Å². The van der Waals surface area contributed by atoms with E-state index in [9.17, 15) is 4.79 Å². The maximum Gasteiger partial charge on any atom is 0.307 e. The molecule has 3 aromatic rings. The van der Waals surface area contributed by atoms with Crippen LogP contribution in [0.2, 0.25) is 0 Å². The molecule has 3 rings (SSSR count). The Hall–Kier alpha value is -3.13. The van der Waals surface area contributed by atoms with Gasteiger partial charge in [-0.05, 0) is 49.7 Å². The number of methoxy groups -OCH3 is 2. The highest BCUT2D eigenvalue weighted by atomic mass is 32.1. The van der Waals surface area contributed by atoms with Crippen LogP contribution in [0.1, 0.15) is 23.4 Å². The molecule has 1 N–H and O–H groups in total. The summed E-state index contributed by atoms with van der Waals surface area (Å²) in [5.74, 6) is 0.595. The molecule has 29 heavy (non-hydrogen) atoms. The smallest absolute Gasteiger partial charge is 0.307 e. The maximum atomic E-state index is 11.4. The Balaban J connectivity index is 1.67. The van der Waals surface area contributed by atoms with Crippen molar-refractivity contribution in [1.82, 2.24) is 9.55 Å². The normalized spacial score (nSPS) is 11.0. The fraction of sp³-hybridized carbons (Fsp3) is 0.286. The van der Waals surface area contributed by atoms with Crippen molar-refractivity contribution in [1.29, 1.82) is 0 Å². The number of hydrazone groups is 1. The fourth-order valence-corrected chi connectivity index (χ4v) is 3.67. The van der Waals surface area contributed by atoms with Crippen LogP contribution in [0.25, 0.3) is 11.3 Å². The van der Waals surface area contributed by atoms with Crippen molar-refractivity contribution in [2.24, 2.45) is 5.10 Å². The minimum absolute atomic E-state index is 0.214. The van der Waals surface area contributed by atoms with Crippen molar-refractivity contribution < 1.29 is 14.3 Å². The van der Waals surface area contributed by atoms with E-state index in [2.05, 4.69) is 26.1 Å². The van der Waals surface area contributed by atoms with E-state index in [1.54, 1.807) is 13.3 Å². The number of thiazole rings is 1. The molecule has 2 heterocycles. The molecule has 0 spiro atoms. The number of aromatic nitrogens is 2. The summed E-state index contributed by atoms with van der Waals surface area (Å²) in [7, 11) is 3.05. The number of ether oxygens (including phenoxy) is 2. The standard InChI is InChI=1S/C21H24N4O3S/c1-14-11-18(15(2)25(14)10-9-20(26)28-4)19-13-29-21(23-19)24-22-12-16-5-7-17(27-3)8-6-16/h5-8,11-13H,9-10H2,1-4H3,(H,23,24)/b22-12-. The highest BCUT2D eigenvalue weighted by molar-refractivity contribution is 7.14. The van der Waals surface area contributed by atoms with Gasteiger partial charge in [-0.3, -0.25) is 10.2 Å². The summed E-state index contributed by atoms with van der Waals surface area (Å²) in [6.45, 7) is 4.65. The van der Waals surface area contributed by atoms with Crippen molar-refractivity contribution in [3.05, 3.63) is 52.7 Å². The third kappa shape index (κ3) is 5.03. The van der Waals surface area contributed by atoms with E-state index in [-0.39, 0.29) is 5.97 Å². The average molecular weight is 413 g/mol. The van der Waals surface area contributed by atoms with Gasteiger partial charge in [-0.1, -0.05) is 0 Å². The number of esters is 1. The van der Waals surface area contributed by atoms with E-state index >= 15 is 0 Å². The molecular formula is C21H24N4O3S. The number of benzene rings is 1. The van der Waals surface area contributed by atoms with E-state index < -0.39 is 0 Å². The van der Waals surface area contributed by atoms with Gasteiger partial charge in [0.05, 0.1) is 32.5 Å². The van der Waals surface area contributed by atoms with Crippen molar-refractivity contribution in [2.75, 3.05) is 19.6 Å². The summed E-state index contributed by atoms with van der Waals surface area (Å²) in [5.41, 5.74) is 8.03. The zero-order chi connectivity index (χ0) is 20.8. The number of anilines is 1. The van der Waals surface area contributed by atoms with E-state index in [0.717, 1.165) is 34.0 Å². The molecule has 0 unspecified atom stereocenters. The second-order valence-corrected chi connectivity index (χ2v) is 7.30. The highest BCUT2D eigenvalue weighted by Crippen LogP contribution is 2.30. The SMILES string of the molecule is COC(=O)CCn1c(C)cc(-c2csc(N/N=C\c3ccc(OC)cc3)n2)c1C. The average Bonchev–Trinajstić information content (AvgIpc) is 3.31. The number of hydrogen-bond donors (Lipinski definition) is 1. The predicted octanol–water partition coefficient (Wildman–Crippen LogP) is 4.25. The summed E-state index contributed by atoms with van der Waals surface area (Å²) >= 11 is 1.49. The van der Waals surface area contributed by atoms with Crippen molar-refractivity contribution in [2.45, 2.75) is 26.8 Å². The van der Waals surface area contributed by atoms with Gasteiger partial charge in [0.2, 0.25) is 5.13 Å². The quantitative estimate of drug-likeness (QED) is 0.340. The Morgan fingerprint density at radius 1 is 1.28 bits per heavy atom. The van der Waals surface area contributed by atoms with Crippen LogP contribution >= 0.6 is 11.3 Å². The number of carbonyl (C=O) groups is 1. The molecule has 0 aliphatic rings. The molecule has 0 saturated carbocycles. The maximum absolute atomic E-state index is 11.4. The molecule has 2 aromatic heterocycles. The van der Waals surface area contributed by atoms with Crippen LogP contribution in [0.3, 0.4) is 0 Å². The van der Waals surface area contributed by atoms with Gasteiger partial charge >= 0.3 is 5.97 Å². The van der Waals surface area contributed by atoms with Crippen LogP contribution in [-0.2, 0) is 16.1 Å². The Morgan fingerprint density at radius 3 is 2.72 bits per heavy atom. The minimum Gasteiger partial charge on any atom is -0.497 e. The highest BCUT2D eigenvalue weighted by Gasteiger charge is 2.14. The third-order valence-electron chi connectivity index (χ3n) is 4.61. The van der Waals surface area contributed by atoms with Gasteiger partial charge in [0.25, 0.3) is 0 Å². The van der Waals surface area contributed by atoms with E-state index in [1.165, 1.54) is 18.4 Å². The first-order chi connectivity index (χ1) is 14.0. The molecular weight excluding hydrogens is 388 g/mol. The minimum atomic E-state index is -0.214. The number of aryl methyl sites for hydroxylation is 1. The van der Waals surface area contributed by atoms with Crippen LogP contribution in [0.15, 0.2) is 40.8 Å². The second kappa shape index (κ2) is 9.38. The molecule has 0 amide bonds. The third-order valence-corrected chi connectivity index (χ3v) is 5.36. The number of hydrogen-bond acceptors (Lipinski definition) is 7.